The third-order valence-electron chi connectivity index (χ3n) is 3.16. The molecule has 1 aliphatic rings. The van der Waals surface area contributed by atoms with Crippen LogP contribution in [0.2, 0.25) is 0 Å². The molecule has 0 saturated heterocycles. The molecule has 1 aliphatic heterocycles. The summed E-state index contributed by atoms with van der Waals surface area (Å²) in [7, 11) is 0. The van der Waals surface area contributed by atoms with Crippen molar-refractivity contribution in [2.75, 3.05) is 29.5 Å². The van der Waals surface area contributed by atoms with E-state index in [0.29, 0.717) is 18.1 Å². The zero-order valence-corrected chi connectivity index (χ0v) is 10.5. The first kappa shape index (κ1) is 11.6. The fourth-order valence-corrected chi connectivity index (χ4v) is 2.19. The number of pyridine rings is 1. The molecule has 0 fully saturated rings. The summed E-state index contributed by atoms with van der Waals surface area (Å²) in [5, 5.41) is 0. The molecule has 2 heterocycles. The second-order valence-electron chi connectivity index (χ2n) is 4.47. The van der Waals surface area contributed by atoms with E-state index >= 15 is 0 Å². The third kappa shape index (κ3) is 2.14. The normalized spacial score (nSPS) is 14.4. The van der Waals surface area contributed by atoms with Gasteiger partial charge in [0.05, 0.1) is 18.0 Å². The highest BCUT2D eigenvalue weighted by molar-refractivity contribution is 5.70. The molecule has 0 unspecified atom stereocenters. The van der Waals surface area contributed by atoms with Crippen molar-refractivity contribution in [1.29, 1.82) is 0 Å². The van der Waals surface area contributed by atoms with Gasteiger partial charge in [0.1, 0.15) is 17.4 Å². The van der Waals surface area contributed by atoms with Gasteiger partial charge in [0, 0.05) is 6.54 Å². The van der Waals surface area contributed by atoms with E-state index in [0.717, 1.165) is 30.2 Å². The van der Waals surface area contributed by atoms with Crippen molar-refractivity contribution < 1.29 is 4.74 Å². The number of aromatic nitrogens is 1. The van der Waals surface area contributed by atoms with Crippen LogP contribution in [-0.2, 0) is 0 Å². The highest BCUT2D eigenvalue weighted by Gasteiger charge is 2.18. The Kier molecular flexibility index (Phi) is 2.87. The van der Waals surface area contributed by atoms with E-state index in [2.05, 4.69) is 9.88 Å². The lowest BCUT2D eigenvalue weighted by atomic mass is 10.2. The summed E-state index contributed by atoms with van der Waals surface area (Å²) in [6.07, 6.45) is 0.931. The maximum Gasteiger partial charge on any atom is 0.149 e. The fourth-order valence-electron chi connectivity index (χ4n) is 2.19. The van der Waals surface area contributed by atoms with Crippen LogP contribution in [0.1, 0.15) is 6.42 Å². The molecule has 1 aromatic carbocycles. The zero-order chi connectivity index (χ0) is 13.2. The van der Waals surface area contributed by atoms with Gasteiger partial charge >= 0.3 is 0 Å². The van der Waals surface area contributed by atoms with Crippen molar-refractivity contribution in [2.24, 2.45) is 0 Å². The Balaban J connectivity index is 2.06. The Hall–Kier alpha value is -2.43. The lowest BCUT2D eigenvalue weighted by molar-refractivity contribution is 0.322. The van der Waals surface area contributed by atoms with Gasteiger partial charge in [-0.15, -0.1) is 0 Å². The average molecular weight is 256 g/mol. The number of nitrogens with two attached hydrogens (primary N) is 2. The van der Waals surface area contributed by atoms with Crippen molar-refractivity contribution in [3.63, 3.8) is 0 Å². The van der Waals surface area contributed by atoms with E-state index in [1.807, 2.05) is 30.3 Å². The molecule has 5 heteroatoms. The number of nitrogen functional groups attached to an aromatic ring is 2. The SMILES string of the molecule is Nc1ccc(N2CCCOc3ccccc32)nc1N. The molecule has 0 bridgehead atoms. The van der Waals surface area contributed by atoms with E-state index in [4.69, 9.17) is 16.2 Å². The second kappa shape index (κ2) is 4.68. The first-order chi connectivity index (χ1) is 9.25. The van der Waals surface area contributed by atoms with Gasteiger partial charge in [-0.3, -0.25) is 0 Å². The van der Waals surface area contributed by atoms with Gasteiger partial charge in [0.2, 0.25) is 0 Å². The lowest BCUT2D eigenvalue weighted by Crippen LogP contribution is -2.19. The molecular formula is C14H16N4O. The van der Waals surface area contributed by atoms with E-state index in [1.165, 1.54) is 0 Å². The van der Waals surface area contributed by atoms with Crippen LogP contribution in [0.4, 0.5) is 23.0 Å². The molecule has 0 radical (unpaired) electrons. The van der Waals surface area contributed by atoms with E-state index in [-0.39, 0.29) is 0 Å². The topological polar surface area (TPSA) is 77.4 Å². The lowest BCUT2D eigenvalue weighted by Gasteiger charge is -2.23. The van der Waals surface area contributed by atoms with E-state index < -0.39 is 0 Å². The largest absolute Gasteiger partial charge is 0.491 e. The summed E-state index contributed by atoms with van der Waals surface area (Å²) in [4.78, 5) is 6.47. The summed E-state index contributed by atoms with van der Waals surface area (Å²) in [5.41, 5.74) is 13.0. The van der Waals surface area contributed by atoms with Gasteiger partial charge < -0.3 is 21.1 Å². The molecule has 98 valence electrons. The molecule has 0 aliphatic carbocycles. The minimum Gasteiger partial charge on any atom is -0.491 e. The van der Waals surface area contributed by atoms with E-state index in [9.17, 15) is 0 Å². The van der Waals surface area contributed by atoms with Crippen molar-refractivity contribution in [3.8, 4) is 5.75 Å². The van der Waals surface area contributed by atoms with Crippen LogP contribution in [0.3, 0.4) is 0 Å². The van der Waals surface area contributed by atoms with E-state index in [1.54, 1.807) is 6.07 Å². The van der Waals surface area contributed by atoms with Crippen molar-refractivity contribution in [1.82, 2.24) is 4.98 Å². The molecule has 0 saturated carbocycles. The summed E-state index contributed by atoms with van der Waals surface area (Å²) in [5.74, 6) is 2.03. The Morgan fingerprint density at radius 2 is 1.95 bits per heavy atom. The molecule has 5 nitrogen and oxygen atoms in total. The maximum atomic E-state index is 5.79. The minimum absolute atomic E-state index is 0.361. The van der Waals surface area contributed by atoms with Gasteiger partial charge in [0.15, 0.2) is 0 Å². The first-order valence-corrected chi connectivity index (χ1v) is 6.27. The Morgan fingerprint density at radius 1 is 1.11 bits per heavy atom. The maximum absolute atomic E-state index is 5.79. The van der Waals surface area contributed by atoms with Crippen molar-refractivity contribution in [3.05, 3.63) is 36.4 Å². The Bertz CT molecular complexity index is 600. The number of hydrogen-bond donors (Lipinski definition) is 2. The third-order valence-corrected chi connectivity index (χ3v) is 3.16. The van der Waals surface area contributed by atoms with Gasteiger partial charge in [-0.25, -0.2) is 4.98 Å². The number of hydrogen-bond acceptors (Lipinski definition) is 5. The monoisotopic (exact) mass is 256 g/mol. The van der Waals surface area contributed by atoms with Crippen LogP contribution in [-0.4, -0.2) is 18.1 Å². The summed E-state index contributed by atoms with van der Waals surface area (Å²) in [6.45, 7) is 1.55. The molecule has 0 atom stereocenters. The molecule has 2 aromatic rings. The van der Waals surface area contributed by atoms with Crippen molar-refractivity contribution in [2.45, 2.75) is 6.42 Å². The van der Waals surface area contributed by atoms with Crippen molar-refractivity contribution >= 4 is 23.0 Å². The summed E-state index contributed by atoms with van der Waals surface area (Å²) in [6, 6.07) is 11.6. The molecule has 1 aromatic heterocycles. The number of para-hydroxylation sites is 2. The molecular weight excluding hydrogens is 240 g/mol. The van der Waals surface area contributed by atoms with Crippen LogP contribution in [0, 0.1) is 0 Å². The van der Waals surface area contributed by atoms with Crippen LogP contribution < -0.4 is 21.1 Å². The molecule has 4 N–H and O–H groups in total. The number of anilines is 4. The molecule has 0 amide bonds. The number of ether oxygens (including phenoxy) is 1. The predicted molar refractivity (Wildman–Crippen MR) is 76.6 cm³/mol. The smallest absolute Gasteiger partial charge is 0.149 e. The molecule has 0 spiro atoms. The number of benzene rings is 1. The first-order valence-electron chi connectivity index (χ1n) is 6.27. The van der Waals surface area contributed by atoms with Gasteiger partial charge in [0.25, 0.3) is 0 Å². The fraction of sp³-hybridized carbons (Fsp3) is 0.214. The summed E-state index contributed by atoms with van der Waals surface area (Å²) >= 11 is 0. The van der Waals surface area contributed by atoms with Crippen LogP contribution in [0.25, 0.3) is 0 Å². The highest BCUT2D eigenvalue weighted by Crippen LogP contribution is 2.35. The standard InChI is InChI=1S/C14H16N4O/c15-10-6-7-13(17-14(10)16)18-8-3-9-19-12-5-2-1-4-11(12)18/h1-2,4-7H,3,8-9,15H2,(H2,16,17). The highest BCUT2D eigenvalue weighted by atomic mass is 16.5. The van der Waals surface area contributed by atoms with Crippen LogP contribution >= 0.6 is 0 Å². The predicted octanol–water partition coefficient (Wildman–Crippen LogP) is 2.17. The average Bonchev–Trinajstić information content (AvgIpc) is 2.64. The minimum atomic E-state index is 0.361. The molecule has 19 heavy (non-hydrogen) atoms. The van der Waals surface area contributed by atoms with Crippen LogP contribution in [0.15, 0.2) is 36.4 Å². The zero-order valence-electron chi connectivity index (χ0n) is 10.5. The van der Waals surface area contributed by atoms with Gasteiger partial charge in [-0.05, 0) is 30.7 Å². The molecule has 3 rings (SSSR count). The Labute approximate surface area is 111 Å². The number of fused-ring (bicyclic) bond motifs is 1. The number of nitrogens with zero attached hydrogens (tertiary/aromatic N) is 2. The number of rotatable bonds is 1. The van der Waals surface area contributed by atoms with Gasteiger partial charge in [-0.1, -0.05) is 12.1 Å². The quantitative estimate of drug-likeness (QED) is 0.817. The van der Waals surface area contributed by atoms with Crippen LogP contribution in [0.5, 0.6) is 5.75 Å². The Morgan fingerprint density at radius 3 is 2.79 bits per heavy atom. The second-order valence-corrected chi connectivity index (χ2v) is 4.47. The summed E-state index contributed by atoms with van der Waals surface area (Å²) < 4.78 is 5.73. The van der Waals surface area contributed by atoms with Gasteiger partial charge in [-0.2, -0.15) is 0 Å².